The molecular weight excluding hydrogens is 240 g/mol. The summed E-state index contributed by atoms with van der Waals surface area (Å²) in [4.78, 5) is 8.30. The first-order valence-corrected chi connectivity index (χ1v) is 5.74. The number of nitrogens with zero attached hydrogens (tertiary/aromatic N) is 4. The average Bonchev–Trinajstić information content (AvgIpc) is 2.97. The maximum absolute atomic E-state index is 9.17. The number of anilines is 1. The lowest BCUT2D eigenvalue weighted by Crippen LogP contribution is -2.04. The fourth-order valence-corrected chi connectivity index (χ4v) is 1.90. The fraction of sp³-hybridized carbons (Fsp3) is 0.0769. The lowest BCUT2D eigenvalue weighted by atomic mass is 10.1. The number of para-hydroxylation sites is 1. The van der Waals surface area contributed by atoms with Crippen molar-refractivity contribution in [2.45, 2.75) is 6.54 Å². The van der Waals surface area contributed by atoms with Gasteiger partial charge in [0.1, 0.15) is 18.2 Å². The van der Waals surface area contributed by atoms with E-state index in [1.165, 1.54) is 6.33 Å². The third-order valence-electron chi connectivity index (χ3n) is 2.79. The largest absolute Gasteiger partial charge is 0.376 e. The van der Waals surface area contributed by atoms with Gasteiger partial charge in [-0.25, -0.2) is 4.98 Å². The van der Waals surface area contributed by atoms with Crippen LogP contribution in [0.25, 0.3) is 10.9 Å². The summed E-state index contributed by atoms with van der Waals surface area (Å²) in [5.41, 5.74) is 2.13. The number of H-pyrrole nitrogens is 1. The molecule has 2 N–H and O–H groups in total. The summed E-state index contributed by atoms with van der Waals surface area (Å²) in [7, 11) is 0. The number of aromatic amines is 1. The zero-order valence-corrected chi connectivity index (χ0v) is 9.96. The molecule has 2 heterocycles. The van der Waals surface area contributed by atoms with Gasteiger partial charge in [-0.1, -0.05) is 18.2 Å². The maximum Gasteiger partial charge on any atom is 0.143 e. The van der Waals surface area contributed by atoms with E-state index in [0.29, 0.717) is 17.9 Å². The Balaban J connectivity index is 2.02. The van der Waals surface area contributed by atoms with E-state index in [1.54, 1.807) is 6.20 Å². The average molecular weight is 250 g/mol. The van der Waals surface area contributed by atoms with Crippen molar-refractivity contribution in [3.63, 3.8) is 0 Å². The summed E-state index contributed by atoms with van der Waals surface area (Å²) >= 11 is 0. The van der Waals surface area contributed by atoms with Gasteiger partial charge in [0.15, 0.2) is 0 Å². The predicted molar refractivity (Wildman–Crippen MR) is 70.2 cm³/mol. The molecule has 0 amide bonds. The molecule has 0 unspecified atom stereocenters. The van der Waals surface area contributed by atoms with Crippen molar-refractivity contribution in [1.29, 1.82) is 5.26 Å². The highest BCUT2D eigenvalue weighted by Gasteiger charge is 2.08. The molecule has 0 aliphatic carbocycles. The standard InChI is InChI=1S/C13H10N6/c14-5-9-6-15-11-4-2-1-3-10(11)13(9)16-7-12-17-8-18-19-12/h1-4,6,8H,7H2,(H,15,16)(H,17,18,19). The molecule has 0 spiro atoms. The van der Waals surface area contributed by atoms with Gasteiger partial charge in [0.25, 0.3) is 0 Å². The normalized spacial score (nSPS) is 10.3. The quantitative estimate of drug-likeness (QED) is 0.740. The summed E-state index contributed by atoms with van der Waals surface area (Å²) in [5.74, 6) is 0.713. The molecule has 0 aliphatic rings. The van der Waals surface area contributed by atoms with Gasteiger partial charge in [0, 0.05) is 11.6 Å². The van der Waals surface area contributed by atoms with E-state index in [9.17, 15) is 0 Å². The minimum Gasteiger partial charge on any atom is -0.376 e. The van der Waals surface area contributed by atoms with Crippen LogP contribution in [-0.2, 0) is 6.54 Å². The van der Waals surface area contributed by atoms with E-state index in [2.05, 4.69) is 31.6 Å². The van der Waals surface area contributed by atoms with Crippen molar-refractivity contribution in [3.05, 3.63) is 48.2 Å². The maximum atomic E-state index is 9.17. The molecular formula is C13H10N6. The third kappa shape index (κ3) is 2.09. The highest BCUT2D eigenvalue weighted by Crippen LogP contribution is 2.25. The van der Waals surface area contributed by atoms with E-state index in [0.717, 1.165) is 16.6 Å². The second kappa shape index (κ2) is 4.74. The monoisotopic (exact) mass is 250 g/mol. The number of aromatic nitrogens is 4. The summed E-state index contributed by atoms with van der Waals surface area (Å²) in [6.07, 6.45) is 3.03. The van der Waals surface area contributed by atoms with Gasteiger partial charge in [-0.2, -0.15) is 10.4 Å². The van der Waals surface area contributed by atoms with Crippen molar-refractivity contribution in [2.24, 2.45) is 0 Å². The smallest absolute Gasteiger partial charge is 0.143 e. The topological polar surface area (TPSA) is 90.3 Å². The Morgan fingerprint density at radius 2 is 2.16 bits per heavy atom. The Morgan fingerprint density at radius 3 is 2.95 bits per heavy atom. The Hall–Kier alpha value is -2.94. The molecule has 1 aromatic carbocycles. The Morgan fingerprint density at radius 1 is 1.26 bits per heavy atom. The van der Waals surface area contributed by atoms with Gasteiger partial charge in [-0.15, -0.1) is 0 Å². The second-order valence-electron chi connectivity index (χ2n) is 3.96. The molecule has 0 aliphatic heterocycles. The number of benzene rings is 1. The molecule has 92 valence electrons. The molecule has 2 aromatic heterocycles. The van der Waals surface area contributed by atoms with Crippen LogP contribution in [0.4, 0.5) is 5.69 Å². The minimum absolute atomic E-state index is 0.475. The van der Waals surface area contributed by atoms with Crippen LogP contribution >= 0.6 is 0 Å². The number of rotatable bonds is 3. The zero-order valence-electron chi connectivity index (χ0n) is 9.96. The lowest BCUT2D eigenvalue weighted by Gasteiger charge is -2.09. The van der Waals surface area contributed by atoms with Crippen LogP contribution in [0.3, 0.4) is 0 Å². The highest BCUT2D eigenvalue weighted by atomic mass is 15.2. The number of nitriles is 1. The van der Waals surface area contributed by atoms with Gasteiger partial charge in [-0.05, 0) is 6.07 Å². The molecule has 0 atom stereocenters. The number of pyridine rings is 1. The Kier molecular flexibility index (Phi) is 2.79. The first-order chi connectivity index (χ1) is 9.38. The van der Waals surface area contributed by atoms with E-state index in [4.69, 9.17) is 5.26 Å². The van der Waals surface area contributed by atoms with Crippen LogP contribution in [0, 0.1) is 11.3 Å². The molecule has 6 nitrogen and oxygen atoms in total. The summed E-state index contributed by atoms with van der Waals surface area (Å²) in [5, 5.41) is 19.9. The van der Waals surface area contributed by atoms with E-state index < -0.39 is 0 Å². The first kappa shape index (κ1) is 11.2. The Bertz CT molecular complexity index is 741. The number of hydrogen-bond donors (Lipinski definition) is 2. The van der Waals surface area contributed by atoms with Crippen molar-refractivity contribution in [3.8, 4) is 6.07 Å². The van der Waals surface area contributed by atoms with Crippen LogP contribution in [0.2, 0.25) is 0 Å². The van der Waals surface area contributed by atoms with Gasteiger partial charge < -0.3 is 5.32 Å². The highest BCUT2D eigenvalue weighted by molar-refractivity contribution is 5.93. The second-order valence-corrected chi connectivity index (χ2v) is 3.96. The van der Waals surface area contributed by atoms with Crippen LogP contribution < -0.4 is 5.32 Å². The van der Waals surface area contributed by atoms with Crippen LogP contribution in [0.5, 0.6) is 0 Å². The number of nitrogens with one attached hydrogen (secondary N) is 2. The number of fused-ring (bicyclic) bond motifs is 1. The van der Waals surface area contributed by atoms with Crippen LogP contribution in [-0.4, -0.2) is 20.2 Å². The van der Waals surface area contributed by atoms with Gasteiger partial charge >= 0.3 is 0 Å². The van der Waals surface area contributed by atoms with Crippen molar-refractivity contribution in [2.75, 3.05) is 5.32 Å². The third-order valence-corrected chi connectivity index (χ3v) is 2.79. The Labute approximate surface area is 109 Å². The van der Waals surface area contributed by atoms with Gasteiger partial charge in [0.2, 0.25) is 0 Å². The molecule has 19 heavy (non-hydrogen) atoms. The zero-order chi connectivity index (χ0) is 13.1. The molecule has 0 saturated carbocycles. The van der Waals surface area contributed by atoms with E-state index in [1.807, 2.05) is 24.3 Å². The van der Waals surface area contributed by atoms with E-state index >= 15 is 0 Å². The van der Waals surface area contributed by atoms with Crippen molar-refractivity contribution in [1.82, 2.24) is 20.2 Å². The molecule has 0 bridgehead atoms. The van der Waals surface area contributed by atoms with Crippen molar-refractivity contribution >= 4 is 16.6 Å². The molecule has 3 rings (SSSR count). The van der Waals surface area contributed by atoms with Crippen LogP contribution in [0.15, 0.2) is 36.8 Å². The molecule has 3 aromatic rings. The van der Waals surface area contributed by atoms with Gasteiger partial charge in [-0.3, -0.25) is 10.1 Å². The lowest BCUT2D eigenvalue weighted by molar-refractivity contribution is 0.955. The molecule has 0 saturated heterocycles. The fourth-order valence-electron chi connectivity index (χ4n) is 1.90. The first-order valence-electron chi connectivity index (χ1n) is 5.74. The van der Waals surface area contributed by atoms with Gasteiger partial charge in [0.05, 0.1) is 23.3 Å². The predicted octanol–water partition coefficient (Wildman–Crippen LogP) is 1.84. The SMILES string of the molecule is N#Cc1cnc2ccccc2c1NCc1ncn[nH]1. The van der Waals surface area contributed by atoms with Crippen molar-refractivity contribution < 1.29 is 0 Å². The van der Waals surface area contributed by atoms with E-state index in [-0.39, 0.29) is 0 Å². The molecule has 0 fully saturated rings. The number of hydrogen-bond acceptors (Lipinski definition) is 5. The molecule has 0 radical (unpaired) electrons. The summed E-state index contributed by atoms with van der Waals surface area (Å²) < 4.78 is 0. The summed E-state index contributed by atoms with van der Waals surface area (Å²) in [6, 6.07) is 9.84. The molecule has 6 heteroatoms. The van der Waals surface area contributed by atoms with Crippen LogP contribution in [0.1, 0.15) is 11.4 Å². The minimum atomic E-state index is 0.475. The summed E-state index contributed by atoms with van der Waals surface area (Å²) in [6.45, 7) is 0.475.